The molecule has 0 unspecified atom stereocenters. The van der Waals surface area contributed by atoms with Crippen molar-refractivity contribution in [2.24, 2.45) is 0 Å². The van der Waals surface area contributed by atoms with E-state index in [2.05, 4.69) is 11.2 Å². The largest absolute Gasteiger partial charge is 0.472 e. The van der Waals surface area contributed by atoms with E-state index in [0.717, 1.165) is 5.69 Å². The van der Waals surface area contributed by atoms with Gasteiger partial charge in [-0.1, -0.05) is 17.5 Å². The molecule has 1 aromatic rings. The second-order valence-electron chi connectivity index (χ2n) is 2.47. The molecule has 72 valence electrons. The third-order valence-corrected chi connectivity index (χ3v) is 1.67. The lowest BCUT2D eigenvalue weighted by molar-refractivity contribution is -0.130. The molecule has 2 N–H and O–H groups in total. The second kappa shape index (κ2) is 5.15. The van der Waals surface area contributed by atoms with Gasteiger partial charge in [-0.05, 0) is 24.3 Å². The first-order valence-corrected chi connectivity index (χ1v) is 4.27. The van der Waals surface area contributed by atoms with E-state index in [0.29, 0.717) is 11.6 Å². The molecule has 3 nitrogen and oxygen atoms in total. The van der Waals surface area contributed by atoms with E-state index in [9.17, 15) is 4.79 Å². The molecule has 0 aliphatic heterocycles. The van der Waals surface area contributed by atoms with Gasteiger partial charge < -0.3 is 10.4 Å². The van der Waals surface area contributed by atoms with Gasteiger partial charge in [0, 0.05) is 16.6 Å². The summed E-state index contributed by atoms with van der Waals surface area (Å²) in [6.07, 6.45) is 0. The Bertz CT molecular complexity index is 375. The summed E-state index contributed by atoms with van der Waals surface area (Å²) in [5, 5.41) is 11.8. The van der Waals surface area contributed by atoms with Crippen LogP contribution < -0.4 is 5.32 Å². The summed E-state index contributed by atoms with van der Waals surface area (Å²) in [7, 11) is 0. The first-order valence-electron chi connectivity index (χ1n) is 3.90. The Morgan fingerprint density at radius 3 is 2.64 bits per heavy atom. The quantitative estimate of drug-likeness (QED) is 0.731. The zero-order valence-corrected chi connectivity index (χ0v) is 8.01. The summed E-state index contributed by atoms with van der Waals surface area (Å²) in [6.45, 7) is 0.300. The van der Waals surface area contributed by atoms with Crippen molar-refractivity contribution in [2.45, 2.75) is 0 Å². The highest BCUT2D eigenvalue weighted by atomic mass is 35.5. The lowest BCUT2D eigenvalue weighted by Gasteiger charge is -2.00. The molecule has 0 fully saturated rings. The molecule has 0 aromatic heterocycles. The first-order chi connectivity index (χ1) is 6.68. The van der Waals surface area contributed by atoms with Crippen molar-refractivity contribution in [3.05, 3.63) is 29.3 Å². The maximum Gasteiger partial charge on any atom is 0.381 e. The minimum absolute atomic E-state index is 0.300. The Hall–Kier alpha value is -1.66. The van der Waals surface area contributed by atoms with E-state index in [1.807, 2.05) is 5.92 Å². The standard InChI is InChI=1S/C10H8ClNO2/c11-8-3-5-9(6-4-8)12-7-1-2-10(13)14/h3-6,12H,7H2,(H,13,14). The number of aliphatic carboxylic acids is 1. The molecule has 0 radical (unpaired) electrons. The molecule has 1 aromatic carbocycles. The summed E-state index contributed by atoms with van der Waals surface area (Å²) >= 11 is 5.68. The third-order valence-electron chi connectivity index (χ3n) is 1.42. The van der Waals surface area contributed by atoms with Gasteiger partial charge in [0.1, 0.15) is 0 Å². The van der Waals surface area contributed by atoms with E-state index in [1.54, 1.807) is 24.3 Å². The minimum atomic E-state index is -1.12. The molecular weight excluding hydrogens is 202 g/mol. The van der Waals surface area contributed by atoms with E-state index in [1.165, 1.54) is 0 Å². The molecule has 0 atom stereocenters. The Morgan fingerprint density at radius 1 is 1.43 bits per heavy atom. The number of benzene rings is 1. The molecule has 0 amide bonds. The number of carbonyl (C=O) groups is 1. The van der Waals surface area contributed by atoms with Gasteiger partial charge in [0.05, 0.1) is 6.54 Å². The fourth-order valence-corrected chi connectivity index (χ4v) is 0.960. The van der Waals surface area contributed by atoms with Crippen LogP contribution >= 0.6 is 11.6 Å². The van der Waals surface area contributed by atoms with Crippen LogP contribution in [0.3, 0.4) is 0 Å². The van der Waals surface area contributed by atoms with Gasteiger partial charge in [-0.15, -0.1) is 0 Å². The van der Waals surface area contributed by atoms with Gasteiger partial charge in [-0.2, -0.15) is 0 Å². The molecule has 4 heteroatoms. The molecule has 0 spiro atoms. The molecule has 0 saturated carbocycles. The monoisotopic (exact) mass is 209 g/mol. The Morgan fingerprint density at radius 2 is 2.07 bits per heavy atom. The van der Waals surface area contributed by atoms with Crippen LogP contribution in [0, 0.1) is 11.8 Å². The average molecular weight is 210 g/mol. The van der Waals surface area contributed by atoms with Gasteiger partial charge in [-0.3, -0.25) is 0 Å². The molecule has 0 aliphatic carbocycles. The molecule has 0 saturated heterocycles. The van der Waals surface area contributed by atoms with Crippen LogP contribution in [-0.4, -0.2) is 17.6 Å². The Kier molecular flexibility index (Phi) is 3.84. The van der Waals surface area contributed by atoms with Gasteiger partial charge in [-0.25, -0.2) is 4.79 Å². The molecule has 14 heavy (non-hydrogen) atoms. The third kappa shape index (κ3) is 3.83. The number of carboxylic acid groups (broad SMARTS) is 1. The van der Waals surface area contributed by atoms with E-state index < -0.39 is 5.97 Å². The topological polar surface area (TPSA) is 49.3 Å². The molecule has 0 aliphatic rings. The number of anilines is 1. The fraction of sp³-hybridized carbons (Fsp3) is 0.100. The van der Waals surface area contributed by atoms with Gasteiger partial charge >= 0.3 is 5.97 Å². The van der Waals surface area contributed by atoms with Crippen molar-refractivity contribution >= 4 is 23.3 Å². The van der Waals surface area contributed by atoms with Crippen LogP contribution in [0.2, 0.25) is 5.02 Å². The number of carboxylic acids is 1. The molecule has 0 bridgehead atoms. The highest BCUT2D eigenvalue weighted by molar-refractivity contribution is 6.30. The number of halogens is 1. The molecule has 0 heterocycles. The molecule has 1 rings (SSSR count). The van der Waals surface area contributed by atoms with Crippen LogP contribution in [0.4, 0.5) is 5.69 Å². The van der Waals surface area contributed by atoms with Crippen molar-refractivity contribution in [2.75, 3.05) is 11.9 Å². The number of hydrogen-bond donors (Lipinski definition) is 2. The summed E-state index contributed by atoms with van der Waals surface area (Å²) in [6, 6.07) is 7.08. The minimum Gasteiger partial charge on any atom is -0.472 e. The SMILES string of the molecule is O=C(O)C#CCNc1ccc(Cl)cc1. The van der Waals surface area contributed by atoms with Crippen molar-refractivity contribution in [1.29, 1.82) is 0 Å². The van der Waals surface area contributed by atoms with Crippen molar-refractivity contribution in [1.82, 2.24) is 0 Å². The average Bonchev–Trinajstić information content (AvgIpc) is 2.15. The predicted octanol–water partition coefficient (Wildman–Crippen LogP) is 1.84. The van der Waals surface area contributed by atoms with Crippen molar-refractivity contribution in [3.8, 4) is 11.8 Å². The van der Waals surface area contributed by atoms with Crippen LogP contribution in [0.5, 0.6) is 0 Å². The normalized spacial score (nSPS) is 8.64. The Labute approximate surface area is 86.7 Å². The summed E-state index contributed by atoms with van der Waals surface area (Å²) in [4.78, 5) is 10.0. The van der Waals surface area contributed by atoms with Gasteiger partial charge in [0.2, 0.25) is 0 Å². The maximum atomic E-state index is 10.0. The second-order valence-corrected chi connectivity index (χ2v) is 2.90. The number of rotatable bonds is 2. The number of nitrogens with one attached hydrogen (secondary N) is 1. The zero-order valence-electron chi connectivity index (χ0n) is 7.25. The van der Waals surface area contributed by atoms with Gasteiger partial charge in [0.15, 0.2) is 0 Å². The van der Waals surface area contributed by atoms with E-state index in [4.69, 9.17) is 16.7 Å². The first kappa shape index (κ1) is 10.4. The summed E-state index contributed by atoms with van der Waals surface area (Å²) in [5.74, 6) is 3.34. The smallest absolute Gasteiger partial charge is 0.381 e. The maximum absolute atomic E-state index is 10.0. The predicted molar refractivity (Wildman–Crippen MR) is 55.4 cm³/mol. The zero-order chi connectivity index (χ0) is 10.4. The van der Waals surface area contributed by atoms with Gasteiger partial charge in [0.25, 0.3) is 0 Å². The highest BCUT2D eigenvalue weighted by Gasteiger charge is 1.89. The molecular formula is C10H8ClNO2. The Balaban J connectivity index is 2.44. The van der Waals surface area contributed by atoms with Crippen LogP contribution in [-0.2, 0) is 4.79 Å². The van der Waals surface area contributed by atoms with E-state index >= 15 is 0 Å². The lowest BCUT2D eigenvalue weighted by atomic mass is 10.3. The van der Waals surface area contributed by atoms with Crippen LogP contribution in [0.1, 0.15) is 0 Å². The number of hydrogen-bond acceptors (Lipinski definition) is 2. The highest BCUT2D eigenvalue weighted by Crippen LogP contribution is 2.12. The summed E-state index contributed by atoms with van der Waals surface area (Å²) < 4.78 is 0. The lowest BCUT2D eigenvalue weighted by Crippen LogP contribution is -1.99. The van der Waals surface area contributed by atoms with Crippen molar-refractivity contribution < 1.29 is 9.90 Å². The van der Waals surface area contributed by atoms with E-state index in [-0.39, 0.29) is 0 Å². The fourth-order valence-electron chi connectivity index (χ4n) is 0.834. The summed E-state index contributed by atoms with van der Waals surface area (Å²) in [5.41, 5.74) is 0.856. The van der Waals surface area contributed by atoms with Crippen LogP contribution in [0.15, 0.2) is 24.3 Å². The van der Waals surface area contributed by atoms with Crippen molar-refractivity contribution in [3.63, 3.8) is 0 Å². The van der Waals surface area contributed by atoms with Crippen LogP contribution in [0.25, 0.3) is 0 Å².